The summed E-state index contributed by atoms with van der Waals surface area (Å²) < 4.78 is 12.4. The molecule has 0 unspecified atom stereocenters. The summed E-state index contributed by atoms with van der Waals surface area (Å²) in [5.74, 6) is 1.86. The molecular weight excluding hydrogens is 462 g/mol. The van der Waals surface area contributed by atoms with E-state index < -0.39 is 0 Å². The van der Waals surface area contributed by atoms with Gasteiger partial charge in [-0.3, -0.25) is 4.98 Å². The third kappa shape index (κ3) is 7.78. The van der Waals surface area contributed by atoms with Gasteiger partial charge in [0.05, 0.1) is 25.0 Å². The predicted molar refractivity (Wildman–Crippen MR) is 149 cm³/mol. The van der Waals surface area contributed by atoms with Gasteiger partial charge in [-0.2, -0.15) is 0 Å². The summed E-state index contributed by atoms with van der Waals surface area (Å²) in [7, 11) is 2.12. The van der Waals surface area contributed by atoms with Crippen LogP contribution in [0.2, 0.25) is 0 Å². The van der Waals surface area contributed by atoms with Gasteiger partial charge in [0, 0.05) is 38.9 Å². The topological polar surface area (TPSA) is 58.1 Å². The maximum Gasteiger partial charge on any atom is 0.122 e. The fraction of sp³-hybridized carbons (Fsp3) is 0.452. The summed E-state index contributed by atoms with van der Waals surface area (Å²) in [6, 6.07) is 18.6. The Bertz CT molecular complexity index is 1120. The van der Waals surface area contributed by atoms with Crippen LogP contribution in [-0.2, 0) is 6.54 Å². The lowest BCUT2D eigenvalue weighted by atomic mass is 9.95. The Hall–Kier alpha value is -2.93. The van der Waals surface area contributed by atoms with Crippen molar-refractivity contribution in [2.75, 3.05) is 46.4 Å². The quantitative estimate of drug-likeness (QED) is 0.328. The molecule has 3 aromatic rings. The molecule has 1 saturated heterocycles. The van der Waals surface area contributed by atoms with Crippen LogP contribution < -0.4 is 9.47 Å². The zero-order valence-corrected chi connectivity index (χ0v) is 22.5. The highest BCUT2D eigenvalue weighted by Gasteiger charge is 2.19. The van der Waals surface area contributed by atoms with E-state index in [1.165, 1.54) is 11.1 Å². The van der Waals surface area contributed by atoms with Crippen molar-refractivity contribution in [3.63, 3.8) is 0 Å². The number of nitrogens with zero attached hydrogens (tertiary/aromatic N) is 3. The largest absolute Gasteiger partial charge is 0.493 e. The molecule has 1 aromatic heterocycles. The monoisotopic (exact) mass is 503 g/mol. The molecule has 0 radical (unpaired) electrons. The average Bonchev–Trinajstić information content (AvgIpc) is 3.32. The molecule has 198 valence electrons. The molecule has 1 atom stereocenters. The van der Waals surface area contributed by atoms with Gasteiger partial charge in [0.25, 0.3) is 0 Å². The fourth-order valence-electron chi connectivity index (χ4n) is 4.97. The van der Waals surface area contributed by atoms with Gasteiger partial charge in [-0.05, 0) is 86.7 Å². The van der Waals surface area contributed by atoms with E-state index in [0.717, 1.165) is 80.3 Å². The number of hydrogen-bond acceptors (Lipinski definition) is 6. The summed E-state index contributed by atoms with van der Waals surface area (Å²) in [5, 5.41) is 9.70. The lowest BCUT2D eigenvalue weighted by Crippen LogP contribution is -2.24. The molecule has 37 heavy (non-hydrogen) atoms. The van der Waals surface area contributed by atoms with Crippen molar-refractivity contribution < 1.29 is 14.6 Å². The first kappa shape index (κ1) is 27.1. The smallest absolute Gasteiger partial charge is 0.122 e. The van der Waals surface area contributed by atoms with Crippen LogP contribution in [0.3, 0.4) is 0 Å². The van der Waals surface area contributed by atoms with Crippen molar-refractivity contribution >= 4 is 0 Å². The van der Waals surface area contributed by atoms with E-state index in [0.29, 0.717) is 13.2 Å². The van der Waals surface area contributed by atoms with Crippen molar-refractivity contribution in [2.24, 2.45) is 0 Å². The van der Waals surface area contributed by atoms with Crippen LogP contribution >= 0.6 is 0 Å². The number of rotatable bonds is 13. The van der Waals surface area contributed by atoms with Crippen molar-refractivity contribution in [3.05, 3.63) is 77.6 Å². The Morgan fingerprint density at radius 1 is 0.919 bits per heavy atom. The minimum absolute atomic E-state index is 0.165. The van der Waals surface area contributed by atoms with Crippen LogP contribution in [0.1, 0.15) is 36.1 Å². The van der Waals surface area contributed by atoms with Gasteiger partial charge in [-0.15, -0.1) is 0 Å². The second-order valence-electron chi connectivity index (χ2n) is 10.1. The number of β-amino-alcohol motifs (C(OH)–C–C–N with tert-alkyl or cyclic N) is 1. The second-order valence-corrected chi connectivity index (χ2v) is 10.1. The molecule has 0 bridgehead atoms. The highest BCUT2D eigenvalue weighted by Crippen LogP contribution is 2.35. The van der Waals surface area contributed by atoms with Gasteiger partial charge in [-0.25, -0.2) is 0 Å². The summed E-state index contributed by atoms with van der Waals surface area (Å²) >= 11 is 0. The van der Waals surface area contributed by atoms with Gasteiger partial charge >= 0.3 is 0 Å². The number of aliphatic hydroxyl groups is 1. The lowest BCUT2D eigenvalue weighted by Gasteiger charge is -2.18. The number of pyridine rings is 1. The van der Waals surface area contributed by atoms with Gasteiger partial charge < -0.3 is 24.4 Å². The number of aromatic nitrogens is 1. The van der Waals surface area contributed by atoms with Gasteiger partial charge in [0.15, 0.2) is 0 Å². The Labute approximate surface area is 221 Å². The molecule has 6 nitrogen and oxygen atoms in total. The summed E-state index contributed by atoms with van der Waals surface area (Å²) in [6.07, 6.45) is 4.46. The molecule has 1 fully saturated rings. The van der Waals surface area contributed by atoms with E-state index in [-0.39, 0.29) is 6.10 Å². The van der Waals surface area contributed by atoms with Gasteiger partial charge in [0.2, 0.25) is 0 Å². The first-order chi connectivity index (χ1) is 18.0. The molecule has 0 saturated carbocycles. The van der Waals surface area contributed by atoms with Gasteiger partial charge in [0.1, 0.15) is 11.5 Å². The molecule has 1 N–H and O–H groups in total. The minimum Gasteiger partial charge on any atom is -0.493 e. The van der Waals surface area contributed by atoms with Crippen LogP contribution in [0.5, 0.6) is 11.5 Å². The molecule has 6 heteroatoms. The number of aliphatic hydroxyl groups excluding tert-OH is 1. The molecule has 0 amide bonds. The van der Waals surface area contributed by atoms with E-state index in [9.17, 15) is 5.11 Å². The third-order valence-electron chi connectivity index (χ3n) is 7.08. The van der Waals surface area contributed by atoms with Crippen molar-refractivity contribution in [2.45, 2.75) is 45.8 Å². The fourth-order valence-corrected chi connectivity index (χ4v) is 4.97. The van der Waals surface area contributed by atoms with Crippen molar-refractivity contribution in [1.29, 1.82) is 0 Å². The Kier molecular flexibility index (Phi) is 9.94. The number of benzene rings is 2. The summed E-state index contributed by atoms with van der Waals surface area (Å²) in [4.78, 5) is 8.99. The normalized spacial score (nSPS) is 15.9. The van der Waals surface area contributed by atoms with Crippen LogP contribution in [-0.4, -0.2) is 72.4 Å². The zero-order chi connectivity index (χ0) is 26.0. The maximum absolute atomic E-state index is 9.70. The van der Waals surface area contributed by atoms with Crippen molar-refractivity contribution in [3.8, 4) is 22.6 Å². The molecule has 1 aliphatic rings. The molecule has 2 aromatic carbocycles. The highest BCUT2D eigenvalue weighted by atomic mass is 16.5. The van der Waals surface area contributed by atoms with Crippen LogP contribution in [0.15, 0.2) is 60.8 Å². The molecule has 2 heterocycles. The van der Waals surface area contributed by atoms with E-state index in [2.05, 4.69) is 78.1 Å². The van der Waals surface area contributed by atoms with Crippen LogP contribution in [0.25, 0.3) is 11.1 Å². The standard InChI is InChI=1S/C31H41N3O3/c1-24-28(11-6-13-30(24)36-20-8-17-33(3)22-26-10-4-5-16-32-26)29-12-7-14-31(25(29)2)37-21-9-18-34-19-15-27(35)23-34/h4-7,10-14,16,27,35H,8-9,15,17-23H2,1-3H3/t27-/m1/s1. The lowest BCUT2D eigenvalue weighted by molar-refractivity contribution is 0.173. The average molecular weight is 504 g/mol. The highest BCUT2D eigenvalue weighted by molar-refractivity contribution is 5.74. The van der Waals surface area contributed by atoms with Crippen molar-refractivity contribution in [1.82, 2.24) is 14.8 Å². The molecule has 0 aliphatic carbocycles. The zero-order valence-electron chi connectivity index (χ0n) is 22.5. The first-order valence-electron chi connectivity index (χ1n) is 13.5. The Morgan fingerprint density at radius 2 is 1.59 bits per heavy atom. The molecule has 0 spiro atoms. The van der Waals surface area contributed by atoms with Crippen LogP contribution in [0, 0.1) is 13.8 Å². The third-order valence-corrected chi connectivity index (χ3v) is 7.08. The molecule has 4 rings (SSSR count). The number of hydrogen-bond donors (Lipinski definition) is 1. The molecule has 1 aliphatic heterocycles. The maximum atomic E-state index is 9.70. The second kappa shape index (κ2) is 13.6. The minimum atomic E-state index is -0.165. The summed E-state index contributed by atoms with van der Waals surface area (Å²) in [5.41, 5.74) is 5.74. The first-order valence-corrected chi connectivity index (χ1v) is 13.5. The number of likely N-dealkylation sites (tertiary alicyclic amines) is 1. The summed E-state index contributed by atoms with van der Waals surface area (Å²) in [6.45, 7) is 10.1. The van der Waals surface area contributed by atoms with E-state index in [1.807, 2.05) is 18.3 Å². The predicted octanol–water partition coefficient (Wildman–Crippen LogP) is 5.10. The van der Waals surface area contributed by atoms with E-state index in [4.69, 9.17) is 9.47 Å². The Morgan fingerprint density at radius 3 is 2.19 bits per heavy atom. The Balaban J connectivity index is 1.29. The van der Waals surface area contributed by atoms with E-state index in [1.54, 1.807) is 0 Å². The molecular formula is C31H41N3O3. The van der Waals surface area contributed by atoms with Gasteiger partial charge in [-0.1, -0.05) is 30.3 Å². The number of ether oxygens (including phenoxy) is 2. The SMILES string of the molecule is Cc1c(OCCCN(C)Cc2ccccn2)cccc1-c1cccc(OCCCN2CC[C@@H](O)C2)c1C. The van der Waals surface area contributed by atoms with Crippen LogP contribution in [0.4, 0.5) is 0 Å². The van der Waals surface area contributed by atoms with E-state index >= 15 is 0 Å².